The van der Waals surface area contributed by atoms with Crippen molar-refractivity contribution in [3.63, 3.8) is 0 Å². The second-order valence-electron chi connectivity index (χ2n) is 2.93. The lowest BCUT2D eigenvalue weighted by Gasteiger charge is -2.10. The van der Waals surface area contributed by atoms with E-state index in [1.54, 1.807) is 6.07 Å². The van der Waals surface area contributed by atoms with Gasteiger partial charge in [0, 0.05) is 5.56 Å². The van der Waals surface area contributed by atoms with Crippen LogP contribution >= 0.6 is 0 Å². The molecule has 1 aromatic rings. The number of ketones is 1. The number of rotatable bonds is 1. The topological polar surface area (TPSA) is 40.9 Å². The molecule has 78 valence electrons. The summed E-state index contributed by atoms with van der Waals surface area (Å²) < 4.78 is 37.2. The van der Waals surface area contributed by atoms with Crippen LogP contribution in [-0.4, -0.2) is 5.78 Å². The molecule has 0 fully saturated rings. The zero-order chi connectivity index (χ0) is 11.6. The van der Waals surface area contributed by atoms with Gasteiger partial charge in [-0.2, -0.15) is 18.4 Å². The van der Waals surface area contributed by atoms with Crippen molar-refractivity contribution in [3.8, 4) is 6.07 Å². The van der Waals surface area contributed by atoms with Gasteiger partial charge in [0.2, 0.25) is 0 Å². The van der Waals surface area contributed by atoms with Crippen LogP contribution in [0.25, 0.3) is 0 Å². The number of carbonyl (C=O) groups is 1. The molecular weight excluding hydrogens is 207 g/mol. The third-order valence-electron chi connectivity index (χ3n) is 1.83. The van der Waals surface area contributed by atoms with E-state index >= 15 is 0 Å². The van der Waals surface area contributed by atoms with Gasteiger partial charge in [0.05, 0.1) is 17.2 Å². The lowest BCUT2D eigenvalue weighted by Crippen LogP contribution is -2.11. The summed E-state index contributed by atoms with van der Waals surface area (Å²) in [5.41, 5.74) is -1.44. The summed E-state index contributed by atoms with van der Waals surface area (Å²) in [7, 11) is 0. The number of nitriles is 1. The first-order valence-corrected chi connectivity index (χ1v) is 3.98. The summed E-state index contributed by atoms with van der Waals surface area (Å²) in [5.74, 6) is -0.709. The number of hydrogen-bond acceptors (Lipinski definition) is 2. The van der Waals surface area contributed by atoms with Gasteiger partial charge < -0.3 is 0 Å². The van der Waals surface area contributed by atoms with E-state index in [1.807, 2.05) is 0 Å². The number of nitrogens with zero attached hydrogens (tertiary/aromatic N) is 1. The summed E-state index contributed by atoms with van der Waals surface area (Å²) in [5, 5.41) is 8.49. The van der Waals surface area contributed by atoms with Crippen molar-refractivity contribution in [1.29, 1.82) is 5.26 Å². The Hall–Kier alpha value is -1.83. The van der Waals surface area contributed by atoms with E-state index in [4.69, 9.17) is 5.26 Å². The molecule has 0 unspecified atom stereocenters. The van der Waals surface area contributed by atoms with Gasteiger partial charge in [0.1, 0.15) is 0 Å². The monoisotopic (exact) mass is 213 g/mol. The van der Waals surface area contributed by atoms with Gasteiger partial charge in [-0.3, -0.25) is 4.79 Å². The molecule has 0 amide bonds. The van der Waals surface area contributed by atoms with Crippen LogP contribution in [0.15, 0.2) is 18.2 Å². The Morgan fingerprint density at radius 3 is 2.40 bits per heavy atom. The minimum Gasteiger partial charge on any atom is -0.294 e. The second kappa shape index (κ2) is 3.73. The van der Waals surface area contributed by atoms with Crippen LogP contribution in [0.3, 0.4) is 0 Å². The molecule has 0 saturated heterocycles. The molecule has 0 atom stereocenters. The first-order valence-electron chi connectivity index (χ1n) is 3.98. The number of halogens is 3. The standard InChI is InChI=1S/C10H6F3NO/c1-6(15)8-4-7(5-14)2-3-9(8)10(11,12)13/h2-4H,1H3. The average Bonchev–Trinajstić information content (AvgIpc) is 2.15. The van der Waals surface area contributed by atoms with Crippen LogP contribution in [0.4, 0.5) is 13.2 Å². The summed E-state index contributed by atoms with van der Waals surface area (Å²) >= 11 is 0. The van der Waals surface area contributed by atoms with E-state index < -0.39 is 23.1 Å². The molecular formula is C10H6F3NO. The van der Waals surface area contributed by atoms with Gasteiger partial charge in [-0.05, 0) is 25.1 Å². The molecule has 15 heavy (non-hydrogen) atoms. The molecule has 1 aromatic carbocycles. The average molecular weight is 213 g/mol. The number of Topliss-reactive ketones (excluding diaryl/α,β-unsaturated/α-hetero) is 1. The number of carbonyl (C=O) groups excluding carboxylic acids is 1. The van der Waals surface area contributed by atoms with Gasteiger partial charge in [-0.25, -0.2) is 0 Å². The van der Waals surface area contributed by atoms with Crippen molar-refractivity contribution in [2.45, 2.75) is 13.1 Å². The fourth-order valence-corrected chi connectivity index (χ4v) is 1.15. The summed E-state index contributed by atoms with van der Waals surface area (Å²) in [6, 6.07) is 4.41. The highest BCUT2D eigenvalue weighted by Gasteiger charge is 2.34. The van der Waals surface area contributed by atoms with Crippen molar-refractivity contribution in [1.82, 2.24) is 0 Å². The van der Waals surface area contributed by atoms with Crippen LogP contribution in [0.2, 0.25) is 0 Å². The van der Waals surface area contributed by atoms with E-state index in [1.165, 1.54) is 0 Å². The van der Waals surface area contributed by atoms with Gasteiger partial charge in [0.15, 0.2) is 5.78 Å². The van der Waals surface area contributed by atoms with E-state index in [2.05, 4.69) is 0 Å². The molecule has 5 heteroatoms. The summed E-state index contributed by atoms with van der Waals surface area (Å²) in [4.78, 5) is 11.0. The summed E-state index contributed by atoms with van der Waals surface area (Å²) in [6.45, 7) is 1.03. The SMILES string of the molecule is CC(=O)c1cc(C#N)ccc1C(F)(F)F. The zero-order valence-corrected chi connectivity index (χ0v) is 7.72. The third-order valence-corrected chi connectivity index (χ3v) is 1.83. The number of benzene rings is 1. The normalized spacial score (nSPS) is 10.9. The van der Waals surface area contributed by atoms with Gasteiger partial charge in [-0.1, -0.05) is 0 Å². The van der Waals surface area contributed by atoms with Crippen LogP contribution < -0.4 is 0 Å². The minimum absolute atomic E-state index is 0.0354. The zero-order valence-electron chi connectivity index (χ0n) is 7.72. The lowest BCUT2D eigenvalue weighted by molar-refractivity contribution is -0.137. The van der Waals surface area contributed by atoms with Crippen LogP contribution in [-0.2, 0) is 6.18 Å². The molecule has 0 aliphatic rings. The van der Waals surface area contributed by atoms with Crippen molar-refractivity contribution in [2.24, 2.45) is 0 Å². The maximum Gasteiger partial charge on any atom is 0.417 e. The Morgan fingerprint density at radius 1 is 1.40 bits per heavy atom. The summed E-state index contributed by atoms with van der Waals surface area (Å²) in [6.07, 6.45) is -4.57. The third kappa shape index (κ3) is 2.34. The second-order valence-corrected chi connectivity index (χ2v) is 2.93. The fourth-order valence-electron chi connectivity index (χ4n) is 1.15. The maximum atomic E-state index is 12.4. The molecule has 0 bridgehead atoms. The van der Waals surface area contributed by atoms with E-state index in [-0.39, 0.29) is 5.56 Å². The highest BCUT2D eigenvalue weighted by atomic mass is 19.4. The maximum absolute atomic E-state index is 12.4. The molecule has 0 aromatic heterocycles. The molecule has 0 heterocycles. The van der Waals surface area contributed by atoms with Crippen LogP contribution in [0.5, 0.6) is 0 Å². The first-order chi connectivity index (χ1) is 6.86. The molecule has 0 aliphatic heterocycles. The fraction of sp³-hybridized carbons (Fsp3) is 0.200. The largest absolute Gasteiger partial charge is 0.417 e. The molecule has 0 radical (unpaired) electrons. The van der Waals surface area contributed by atoms with E-state index in [0.717, 1.165) is 25.1 Å². The van der Waals surface area contributed by atoms with Crippen molar-refractivity contribution in [2.75, 3.05) is 0 Å². The molecule has 0 aliphatic carbocycles. The van der Waals surface area contributed by atoms with Crippen molar-refractivity contribution >= 4 is 5.78 Å². The quantitative estimate of drug-likeness (QED) is 0.673. The molecule has 0 saturated carbocycles. The van der Waals surface area contributed by atoms with Gasteiger partial charge >= 0.3 is 6.18 Å². The minimum atomic E-state index is -4.57. The van der Waals surface area contributed by atoms with Gasteiger partial charge in [0.25, 0.3) is 0 Å². The predicted octanol–water partition coefficient (Wildman–Crippen LogP) is 2.78. The van der Waals surface area contributed by atoms with Crippen LogP contribution in [0.1, 0.15) is 28.4 Å². The van der Waals surface area contributed by atoms with Crippen LogP contribution in [0, 0.1) is 11.3 Å². The Labute approximate surface area is 83.9 Å². The number of hydrogen-bond donors (Lipinski definition) is 0. The molecule has 1 rings (SSSR count). The molecule has 0 spiro atoms. The Bertz CT molecular complexity index is 443. The first kappa shape index (κ1) is 11.2. The molecule has 2 nitrogen and oxygen atoms in total. The van der Waals surface area contributed by atoms with E-state index in [0.29, 0.717) is 0 Å². The Kier molecular flexibility index (Phi) is 2.80. The smallest absolute Gasteiger partial charge is 0.294 e. The predicted molar refractivity (Wildman–Crippen MR) is 46.2 cm³/mol. The van der Waals surface area contributed by atoms with Crippen molar-refractivity contribution < 1.29 is 18.0 Å². The highest BCUT2D eigenvalue weighted by Crippen LogP contribution is 2.32. The highest BCUT2D eigenvalue weighted by molar-refractivity contribution is 5.96. The van der Waals surface area contributed by atoms with E-state index in [9.17, 15) is 18.0 Å². The van der Waals surface area contributed by atoms with Crippen molar-refractivity contribution in [3.05, 3.63) is 34.9 Å². The lowest BCUT2D eigenvalue weighted by atomic mass is 10.0. The van der Waals surface area contributed by atoms with Gasteiger partial charge in [-0.15, -0.1) is 0 Å². The Morgan fingerprint density at radius 2 is 2.00 bits per heavy atom. The number of alkyl halides is 3. The Balaban J connectivity index is 3.42. The molecule has 0 N–H and O–H groups in total.